The van der Waals surface area contributed by atoms with Gasteiger partial charge in [-0.1, -0.05) is 13.8 Å². The quantitative estimate of drug-likeness (QED) is 0.759. The van der Waals surface area contributed by atoms with E-state index in [1.807, 2.05) is 20.8 Å². The summed E-state index contributed by atoms with van der Waals surface area (Å²) in [6, 6.07) is 0. The summed E-state index contributed by atoms with van der Waals surface area (Å²) >= 11 is 0. The highest BCUT2D eigenvalue weighted by Gasteiger charge is 2.20. The summed E-state index contributed by atoms with van der Waals surface area (Å²) in [7, 11) is 0. The number of primary amides is 1. The summed E-state index contributed by atoms with van der Waals surface area (Å²) < 4.78 is 5.37. The second-order valence-electron chi connectivity index (χ2n) is 3.52. The Hall–Kier alpha value is -1.25. The van der Waals surface area contributed by atoms with E-state index >= 15 is 0 Å². The van der Waals surface area contributed by atoms with Crippen molar-refractivity contribution < 1.29 is 9.21 Å². The molecule has 0 radical (unpaired) electrons. The van der Waals surface area contributed by atoms with Crippen LogP contribution in [0.15, 0.2) is 4.42 Å². The normalized spacial score (nSPS) is 10.8. The maximum atomic E-state index is 11.1. The SMILES string of the molecule is Cc1oc(C)c(C(C)C)c1C(N)=O. The zero-order valence-corrected chi connectivity index (χ0v) is 8.47. The van der Waals surface area contributed by atoms with Gasteiger partial charge in [-0.2, -0.15) is 0 Å². The topological polar surface area (TPSA) is 56.2 Å². The Morgan fingerprint density at radius 1 is 1.31 bits per heavy atom. The second kappa shape index (κ2) is 3.24. The van der Waals surface area contributed by atoms with Crippen LogP contribution in [0.2, 0.25) is 0 Å². The predicted octanol–water partition coefficient (Wildman–Crippen LogP) is 2.12. The molecule has 0 aromatic carbocycles. The molecule has 0 saturated carbocycles. The molecule has 1 aromatic heterocycles. The Morgan fingerprint density at radius 3 is 2.15 bits per heavy atom. The first-order valence-corrected chi connectivity index (χ1v) is 4.34. The van der Waals surface area contributed by atoms with Gasteiger partial charge in [0.1, 0.15) is 11.5 Å². The monoisotopic (exact) mass is 181 g/mol. The van der Waals surface area contributed by atoms with Crippen LogP contribution in [-0.2, 0) is 0 Å². The number of rotatable bonds is 2. The molecule has 0 spiro atoms. The van der Waals surface area contributed by atoms with E-state index in [1.165, 1.54) is 0 Å². The van der Waals surface area contributed by atoms with Crippen molar-refractivity contribution in [3.8, 4) is 0 Å². The molecule has 3 heteroatoms. The molecule has 1 rings (SSSR count). The Balaban J connectivity index is 3.38. The van der Waals surface area contributed by atoms with Crippen LogP contribution in [0.3, 0.4) is 0 Å². The van der Waals surface area contributed by atoms with Crippen molar-refractivity contribution in [3.63, 3.8) is 0 Å². The maximum Gasteiger partial charge on any atom is 0.252 e. The number of nitrogens with two attached hydrogens (primary N) is 1. The number of carbonyl (C=O) groups excluding carboxylic acids is 1. The van der Waals surface area contributed by atoms with E-state index in [2.05, 4.69) is 0 Å². The van der Waals surface area contributed by atoms with E-state index in [0.29, 0.717) is 11.3 Å². The molecule has 0 unspecified atom stereocenters. The molecule has 0 atom stereocenters. The maximum absolute atomic E-state index is 11.1. The van der Waals surface area contributed by atoms with Gasteiger partial charge in [0.25, 0.3) is 5.91 Å². The van der Waals surface area contributed by atoms with E-state index in [0.717, 1.165) is 11.3 Å². The van der Waals surface area contributed by atoms with Gasteiger partial charge in [0.2, 0.25) is 0 Å². The van der Waals surface area contributed by atoms with E-state index < -0.39 is 5.91 Å². The van der Waals surface area contributed by atoms with Gasteiger partial charge in [-0.15, -0.1) is 0 Å². The summed E-state index contributed by atoms with van der Waals surface area (Å²) in [6.07, 6.45) is 0. The van der Waals surface area contributed by atoms with E-state index in [1.54, 1.807) is 6.92 Å². The second-order valence-corrected chi connectivity index (χ2v) is 3.52. The standard InChI is InChI=1S/C10H15NO2/c1-5(2)8-6(3)13-7(4)9(8)10(11)12/h5H,1-4H3,(H2,11,12). The average Bonchev–Trinajstić information content (AvgIpc) is 2.24. The van der Waals surface area contributed by atoms with Crippen molar-refractivity contribution in [2.45, 2.75) is 33.6 Å². The van der Waals surface area contributed by atoms with Crippen LogP contribution in [0.1, 0.15) is 47.2 Å². The minimum atomic E-state index is -0.405. The van der Waals surface area contributed by atoms with Crippen LogP contribution >= 0.6 is 0 Å². The highest BCUT2D eigenvalue weighted by atomic mass is 16.3. The highest BCUT2D eigenvalue weighted by Crippen LogP contribution is 2.28. The summed E-state index contributed by atoms with van der Waals surface area (Å²) in [5, 5.41) is 0. The zero-order chi connectivity index (χ0) is 10.2. The minimum absolute atomic E-state index is 0.264. The summed E-state index contributed by atoms with van der Waals surface area (Å²) in [6.45, 7) is 7.65. The van der Waals surface area contributed by atoms with Gasteiger partial charge >= 0.3 is 0 Å². The van der Waals surface area contributed by atoms with Gasteiger partial charge in [-0.3, -0.25) is 4.79 Å². The molecule has 0 aliphatic carbocycles. The van der Waals surface area contributed by atoms with Gasteiger partial charge in [-0.05, 0) is 19.8 Å². The zero-order valence-electron chi connectivity index (χ0n) is 8.47. The molecular formula is C10H15NO2. The molecule has 1 aromatic rings. The van der Waals surface area contributed by atoms with Crippen molar-refractivity contribution >= 4 is 5.91 Å². The van der Waals surface area contributed by atoms with Crippen LogP contribution in [0.4, 0.5) is 0 Å². The van der Waals surface area contributed by atoms with Crippen LogP contribution in [0.5, 0.6) is 0 Å². The number of amides is 1. The summed E-state index contributed by atoms with van der Waals surface area (Å²) in [4.78, 5) is 11.1. The Labute approximate surface area is 77.9 Å². The Kier molecular flexibility index (Phi) is 2.45. The molecule has 2 N–H and O–H groups in total. The number of aryl methyl sites for hydroxylation is 2. The number of hydrogen-bond donors (Lipinski definition) is 1. The van der Waals surface area contributed by atoms with Crippen molar-refractivity contribution in [1.82, 2.24) is 0 Å². The Morgan fingerprint density at radius 2 is 1.85 bits per heavy atom. The molecule has 1 heterocycles. The molecule has 0 bridgehead atoms. The highest BCUT2D eigenvalue weighted by molar-refractivity contribution is 5.95. The molecule has 0 aliphatic rings. The molecule has 3 nitrogen and oxygen atoms in total. The molecule has 13 heavy (non-hydrogen) atoms. The lowest BCUT2D eigenvalue weighted by Crippen LogP contribution is -2.14. The van der Waals surface area contributed by atoms with E-state index in [-0.39, 0.29) is 5.92 Å². The fourth-order valence-electron chi connectivity index (χ4n) is 1.70. The number of furan rings is 1. The first-order chi connectivity index (χ1) is 5.95. The predicted molar refractivity (Wildman–Crippen MR) is 50.8 cm³/mol. The van der Waals surface area contributed by atoms with Crippen LogP contribution in [0, 0.1) is 13.8 Å². The molecule has 1 amide bonds. The van der Waals surface area contributed by atoms with Crippen molar-refractivity contribution in [2.75, 3.05) is 0 Å². The largest absolute Gasteiger partial charge is 0.466 e. The van der Waals surface area contributed by atoms with Crippen LogP contribution in [0.25, 0.3) is 0 Å². The van der Waals surface area contributed by atoms with Crippen LogP contribution in [-0.4, -0.2) is 5.91 Å². The summed E-state index contributed by atoms with van der Waals surface area (Å²) in [5.41, 5.74) is 6.75. The van der Waals surface area contributed by atoms with Gasteiger partial charge in [0, 0.05) is 5.56 Å². The third kappa shape index (κ3) is 1.59. The van der Waals surface area contributed by atoms with Crippen molar-refractivity contribution in [2.24, 2.45) is 5.73 Å². The van der Waals surface area contributed by atoms with Gasteiger partial charge in [0.05, 0.1) is 5.56 Å². The first kappa shape index (κ1) is 9.84. The first-order valence-electron chi connectivity index (χ1n) is 4.34. The lowest BCUT2D eigenvalue weighted by molar-refractivity contribution is 0.0998. The van der Waals surface area contributed by atoms with Crippen molar-refractivity contribution in [3.05, 3.63) is 22.6 Å². The summed E-state index contributed by atoms with van der Waals surface area (Å²) in [5.74, 6) is 1.27. The molecule has 72 valence electrons. The molecule has 0 saturated heterocycles. The third-order valence-corrected chi connectivity index (χ3v) is 2.13. The minimum Gasteiger partial charge on any atom is -0.466 e. The van der Waals surface area contributed by atoms with E-state index in [4.69, 9.17) is 10.2 Å². The van der Waals surface area contributed by atoms with E-state index in [9.17, 15) is 4.79 Å². The van der Waals surface area contributed by atoms with Gasteiger partial charge in [-0.25, -0.2) is 0 Å². The average molecular weight is 181 g/mol. The lowest BCUT2D eigenvalue weighted by Gasteiger charge is -2.04. The fourth-order valence-corrected chi connectivity index (χ4v) is 1.70. The fraction of sp³-hybridized carbons (Fsp3) is 0.500. The Bertz CT molecular complexity index is 337. The smallest absolute Gasteiger partial charge is 0.252 e. The number of hydrogen-bond acceptors (Lipinski definition) is 2. The van der Waals surface area contributed by atoms with Crippen molar-refractivity contribution in [1.29, 1.82) is 0 Å². The van der Waals surface area contributed by atoms with Crippen LogP contribution < -0.4 is 5.73 Å². The molecule has 0 aliphatic heterocycles. The third-order valence-electron chi connectivity index (χ3n) is 2.13. The molecule has 0 fully saturated rings. The lowest BCUT2D eigenvalue weighted by atomic mass is 9.98. The number of carbonyl (C=O) groups is 1. The van der Waals surface area contributed by atoms with Gasteiger partial charge in [0.15, 0.2) is 0 Å². The molecular weight excluding hydrogens is 166 g/mol. The van der Waals surface area contributed by atoms with Gasteiger partial charge < -0.3 is 10.2 Å².